The normalized spacial score (nSPS) is 21.3. The number of piperidine rings is 1. The lowest BCUT2D eigenvalue weighted by molar-refractivity contribution is -0.143. The predicted molar refractivity (Wildman–Crippen MR) is 90.3 cm³/mol. The molecule has 2 aliphatic heterocycles. The Morgan fingerprint density at radius 2 is 1.92 bits per heavy atom. The molecular formula is C18H23N3O3. The lowest BCUT2D eigenvalue weighted by atomic mass is 9.94. The molecule has 0 saturated carbocycles. The Balaban J connectivity index is 1.61. The summed E-state index contributed by atoms with van der Waals surface area (Å²) in [5.74, 6) is -0.0146. The maximum absolute atomic E-state index is 12.9. The first kappa shape index (κ1) is 16.6. The maximum Gasteiger partial charge on any atom is 0.248 e. The molecule has 1 fully saturated rings. The SMILES string of the molecule is COCC(=O)N1CCC(C(=O)N2N=CCC2c2ccccc2)CC1. The van der Waals surface area contributed by atoms with Crippen molar-refractivity contribution in [2.24, 2.45) is 11.0 Å². The minimum absolute atomic E-state index is 0.00754. The van der Waals surface area contributed by atoms with Gasteiger partial charge in [0.15, 0.2) is 0 Å². The lowest BCUT2D eigenvalue weighted by Gasteiger charge is -2.33. The number of carbonyl (C=O) groups excluding carboxylic acids is 2. The summed E-state index contributed by atoms with van der Waals surface area (Å²) in [6, 6.07) is 9.99. The van der Waals surface area contributed by atoms with Crippen molar-refractivity contribution in [3.05, 3.63) is 35.9 Å². The monoisotopic (exact) mass is 329 g/mol. The highest BCUT2D eigenvalue weighted by Gasteiger charge is 2.35. The summed E-state index contributed by atoms with van der Waals surface area (Å²) in [5.41, 5.74) is 1.11. The number of ether oxygens (including phenoxy) is 1. The fraction of sp³-hybridized carbons (Fsp3) is 0.500. The van der Waals surface area contributed by atoms with Crippen LogP contribution in [0, 0.1) is 5.92 Å². The van der Waals surface area contributed by atoms with Gasteiger partial charge in [0.05, 0.1) is 6.04 Å². The van der Waals surface area contributed by atoms with E-state index in [0.29, 0.717) is 25.9 Å². The number of amides is 2. The molecule has 1 unspecified atom stereocenters. The minimum atomic E-state index is -0.0712. The Morgan fingerprint density at radius 3 is 2.58 bits per heavy atom. The van der Waals surface area contributed by atoms with Gasteiger partial charge in [-0.15, -0.1) is 0 Å². The van der Waals surface area contributed by atoms with E-state index in [1.165, 1.54) is 7.11 Å². The second kappa shape index (κ2) is 7.57. The molecule has 2 amide bonds. The highest BCUT2D eigenvalue weighted by Crippen LogP contribution is 2.31. The van der Waals surface area contributed by atoms with Crippen molar-refractivity contribution < 1.29 is 14.3 Å². The second-order valence-electron chi connectivity index (χ2n) is 6.23. The van der Waals surface area contributed by atoms with Crippen LogP contribution in [-0.4, -0.2) is 54.7 Å². The summed E-state index contributed by atoms with van der Waals surface area (Å²) < 4.78 is 4.89. The Morgan fingerprint density at radius 1 is 1.21 bits per heavy atom. The number of carbonyl (C=O) groups is 2. The van der Waals surface area contributed by atoms with Crippen LogP contribution in [0.2, 0.25) is 0 Å². The Hall–Kier alpha value is -2.21. The third-order valence-corrected chi connectivity index (χ3v) is 4.70. The number of nitrogens with zero attached hydrogens (tertiary/aromatic N) is 3. The van der Waals surface area contributed by atoms with Crippen LogP contribution < -0.4 is 0 Å². The molecule has 0 radical (unpaired) electrons. The van der Waals surface area contributed by atoms with E-state index in [1.54, 1.807) is 9.91 Å². The molecule has 1 aromatic rings. The predicted octanol–water partition coefficient (Wildman–Crippen LogP) is 1.83. The van der Waals surface area contributed by atoms with Crippen LogP contribution in [-0.2, 0) is 14.3 Å². The van der Waals surface area contributed by atoms with Crippen molar-refractivity contribution in [3.8, 4) is 0 Å². The van der Waals surface area contributed by atoms with Gasteiger partial charge in [-0.2, -0.15) is 5.10 Å². The molecule has 0 aliphatic carbocycles. The van der Waals surface area contributed by atoms with Gasteiger partial charge >= 0.3 is 0 Å². The average Bonchev–Trinajstić information content (AvgIpc) is 3.12. The molecule has 6 heteroatoms. The van der Waals surface area contributed by atoms with Crippen LogP contribution in [0.1, 0.15) is 30.9 Å². The molecule has 2 heterocycles. The van der Waals surface area contributed by atoms with Gasteiger partial charge < -0.3 is 9.64 Å². The van der Waals surface area contributed by atoms with Crippen LogP contribution in [0.4, 0.5) is 0 Å². The number of hydrogen-bond donors (Lipinski definition) is 0. The highest BCUT2D eigenvalue weighted by molar-refractivity contribution is 5.83. The fourth-order valence-electron chi connectivity index (χ4n) is 3.36. The molecule has 0 aromatic heterocycles. The summed E-state index contributed by atoms with van der Waals surface area (Å²) in [7, 11) is 1.52. The van der Waals surface area contributed by atoms with E-state index < -0.39 is 0 Å². The number of likely N-dealkylation sites (tertiary alicyclic amines) is 1. The number of hydrogen-bond acceptors (Lipinski definition) is 4. The first-order chi connectivity index (χ1) is 11.7. The van der Waals surface area contributed by atoms with Crippen LogP contribution >= 0.6 is 0 Å². The molecule has 1 aromatic carbocycles. The number of methoxy groups -OCH3 is 1. The number of benzene rings is 1. The van der Waals surface area contributed by atoms with Gasteiger partial charge in [0, 0.05) is 38.8 Å². The van der Waals surface area contributed by atoms with Crippen molar-refractivity contribution in [1.29, 1.82) is 0 Å². The Bertz CT molecular complexity index is 609. The zero-order chi connectivity index (χ0) is 16.9. The quantitative estimate of drug-likeness (QED) is 0.847. The molecule has 3 rings (SSSR count). The van der Waals surface area contributed by atoms with Crippen molar-refractivity contribution in [1.82, 2.24) is 9.91 Å². The fourth-order valence-corrected chi connectivity index (χ4v) is 3.36. The molecule has 0 spiro atoms. The van der Waals surface area contributed by atoms with Gasteiger partial charge in [0.25, 0.3) is 0 Å². The van der Waals surface area contributed by atoms with E-state index in [-0.39, 0.29) is 30.4 Å². The van der Waals surface area contributed by atoms with Crippen LogP contribution in [0.5, 0.6) is 0 Å². The second-order valence-corrected chi connectivity index (χ2v) is 6.23. The van der Waals surface area contributed by atoms with E-state index in [9.17, 15) is 9.59 Å². The van der Waals surface area contributed by atoms with Crippen molar-refractivity contribution in [2.45, 2.75) is 25.3 Å². The first-order valence-electron chi connectivity index (χ1n) is 8.38. The summed E-state index contributed by atoms with van der Waals surface area (Å²) in [6.07, 6.45) is 3.93. The zero-order valence-corrected chi connectivity index (χ0v) is 13.9. The number of hydrazone groups is 1. The van der Waals surface area contributed by atoms with Crippen LogP contribution in [0.15, 0.2) is 35.4 Å². The van der Waals surface area contributed by atoms with Gasteiger partial charge in [0.1, 0.15) is 6.61 Å². The maximum atomic E-state index is 12.9. The van der Waals surface area contributed by atoms with Crippen LogP contribution in [0.25, 0.3) is 0 Å². The third kappa shape index (κ3) is 3.48. The third-order valence-electron chi connectivity index (χ3n) is 4.70. The molecule has 2 aliphatic rings. The lowest BCUT2D eigenvalue weighted by Crippen LogP contribution is -2.44. The molecule has 24 heavy (non-hydrogen) atoms. The molecule has 1 atom stereocenters. The Kier molecular flexibility index (Phi) is 5.25. The van der Waals surface area contributed by atoms with Gasteiger partial charge in [0.2, 0.25) is 11.8 Å². The molecule has 6 nitrogen and oxygen atoms in total. The average molecular weight is 329 g/mol. The van der Waals surface area contributed by atoms with E-state index >= 15 is 0 Å². The Labute approximate surface area is 142 Å². The summed E-state index contributed by atoms with van der Waals surface area (Å²) in [4.78, 5) is 26.5. The van der Waals surface area contributed by atoms with E-state index in [4.69, 9.17) is 4.74 Å². The van der Waals surface area contributed by atoms with Gasteiger partial charge in [-0.05, 0) is 18.4 Å². The molecule has 128 valence electrons. The standard InChI is InChI=1S/C18H23N3O3/c1-24-13-17(22)20-11-8-15(9-12-20)18(23)21-16(7-10-19-21)14-5-3-2-4-6-14/h2-6,10,15-16H,7-9,11-13H2,1H3. The van der Waals surface area contributed by atoms with Gasteiger partial charge in [-0.3, -0.25) is 9.59 Å². The summed E-state index contributed by atoms with van der Waals surface area (Å²) >= 11 is 0. The van der Waals surface area contributed by atoms with Crippen molar-refractivity contribution >= 4 is 18.0 Å². The molecule has 0 bridgehead atoms. The molecule has 1 saturated heterocycles. The zero-order valence-electron chi connectivity index (χ0n) is 13.9. The van der Waals surface area contributed by atoms with Crippen molar-refractivity contribution in [2.75, 3.05) is 26.8 Å². The number of rotatable bonds is 4. The molecular weight excluding hydrogens is 306 g/mol. The molecule has 0 N–H and O–H groups in total. The summed E-state index contributed by atoms with van der Waals surface area (Å²) in [5, 5.41) is 5.94. The topological polar surface area (TPSA) is 62.2 Å². The van der Waals surface area contributed by atoms with E-state index in [1.807, 2.05) is 36.5 Å². The van der Waals surface area contributed by atoms with Gasteiger partial charge in [-0.25, -0.2) is 5.01 Å². The van der Waals surface area contributed by atoms with Gasteiger partial charge in [-0.1, -0.05) is 30.3 Å². The highest BCUT2D eigenvalue weighted by atomic mass is 16.5. The van der Waals surface area contributed by atoms with Crippen molar-refractivity contribution in [3.63, 3.8) is 0 Å². The smallest absolute Gasteiger partial charge is 0.248 e. The van der Waals surface area contributed by atoms with E-state index in [2.05, 4.69) is 5.10 Å². The summed E-state index contributed by atoms with van der Waals surface area (Å²) in [6.45, 7) is 1.31. The first-order valence-corrected chi connectivity index (χ1v) is 8.38. The van der Waals surface area contributed by atoms with E-state index in [0.717, 1.165) is 12.0 Å². The largest absolute Gasteiger partial charge is 0.375 e. The van der Waals surface area contributed by atoms with Crippen LogP contribution in [0.3, 0.4) is 0 Å². The minimum Gasteiger partial charge on any atom is -0.375 e.